The molecule has 0 aromatic heterocycles. The zero-order valence-corrected chi connectivity index (χ0v) is 15.1. The minimum atomic E-state index is 0. The van der Waals surface area contributed by atoms with Crippen LogP contribution in [0.25, 0.3) is 10.8 Å². The van der Waals surface area contributed by atoms with Gasteiger partial charge in [-0.1, -0.05) is 57.5 Å². The third-order valence-electron chi connectivity index (χ3n) is 4.77. The summed E-state index contributed by atoms with van der Waals surface area (Å²) in [5.74, 6) is 0. The molecular formula is C21H33NO. The summed E-state index contributed by atoms with van der Waals surface area (Å²) in [7, 11) is 0. The zero-order valence-electron chi connectivity index (χ0n) is 15.1. The van der Waals surface area contributed by atoms with Gasteiger partial charge in [0.15, 0.2) is 0 Å². The summed E-state index contributed by atoms with van der Waals surface area (Å²) in [6.45, 7) is 10.7. The highest BCUT2D eigenvalue weighted by Crippen LogP contribution is 2.33. The average molecular weight is 316 g/mol. The van der Waals surface area contributed by atoms with Crippen molar-refractivity contribution in [2.75, 3.05) is 19.6 Å². The summed E-state index contributed by atoms with van der Waals surface area (Å²) in [5.41, 5.74) is 1.54. The van der Waals surface area contributed by atoms with Gasteiger partial charge in [0.1, 0.15) is 5.69 Å². The Kier molecular flexibility index (Phi) is 8.29. The van der Waals surface area contributed by atoms with Crippen LogP contribution in [0.3, 0.4) is 0 Å². The quantitative estimate of drug-likeness (QED) is 0.413. The number of nitrogens with zero attached hydrogens (tertiary/aromatic N) is 1. The van der Waals surface area contributed by atoms with Crippen LogP contribution in [0.4, 0.5) is 5.69 Å². The number of unbranched alkanes of at least 4 members (excludes halogenated alkanes) is 2. The second-order valence-electron chi connectivity index (χ2n) is 6.52. The number of quaternary nitrogens is 1. The molecule has 0 bridgehead atoms. The first-order valence-corrected chi connectivity index (χ1v) is 9.11. The zero-order chi connectivity index (χ0) is 15.8. The van der Waals surface area contributed by atoms with E-state index in [1.165, 1.54) is 68.2 Å². The predicted octanol–water partition coefficient (Wildman–Crippen LogP) is 5.98. The molecule has 0 saturated carbocycles. The Labute approximate surface area is 142 Å². The van der Waals surface area contributed by atoms with Crippen LogP contribution in [-0.2, 0) is 0 Å². The average Bonchev–Trinajstić information content (AvgIpc) is 2.55. The van der Waals surface area contributed by atoms with Crippen LogP contribution in [0.5, 0.6) is 0 Å². The van der Waals surface area contributed by atoms with E-state index in [-0.39, 0.29) is 5.48 Å². The molecule has 0 fully saturated rings. The lowest BCUT2D eigenvalue weighted by Gasteiger charge is -2.39. The molecule has 0 radical (unpaired) electrons. The summed E-state index contributed by atoms with van der Waals surface area (Å²) in [4.78, 5) is 0. The van der Waals surface area contributed by atoms with Gasteiger partial charge in [-0.2, -0.15) is 0 Å². The molecule has 1 N–H and O–H groups in total. The van der Waals surface area contributed by atoms with Gasteiger partial charge in [0.05, 0.1) is 19.6 Å². The highest BCUT2D eigenvalue weighted by Gasteiger charge is 2.29. The van der Waals surface area contributed by atoms with E-state index in [1.54, 1.807) is 0 Å². The molecule has 23 heavy (non-hydrogen) atoms. The monoisotopic (exact) mass is 315 g/mol. The lowest BCUT2D eigenvalue weighted by Crippen LogP contribution is -2.51. The third-order valence-corrected chi connectivity index (χ3v) is 4.77. The van der Waals surface area contributed by atoms with E-state index in [4.69, 9.17) is 0 Å². The summed E-state index contributed by atoms with van der Waals surface area (Å²) >= 11 is 0. The van der Waals surface area contributed by atoms with Crippen molar-refractivity contribution in [3.8, 4) is 0 Å². The molecule has 0 heterocycles. The number of benzene rings is 2. The normalized spacial score (nSPS) is 11.4. The molecule has 0 unspecified atom stereocenters. The van der Waals surface area contributed by atoms with E-state index in [2.05, 4.69) is 63.2 Å². The molecule has 2 aromatic rings. The fourth-order valence-electron chi connectivity index (χ4n) is 3.84. The molecular weight excluding hydrogens is 282 g/mol. The van der Waals surface area contributed by atoms with Gasteiger partial charge in [0.25, 0.3) is 0 Å². The molecule has 0 spiro atoms. The van der Waals surface area contributed by atoms with Crippen LogP contribution in [0.1, 0.15) is 52.9 Å². The molecule has 0 aliphatic rings. The van der Waals surface area contributed by atoms with E-state index in [0.29, 0.717) is 0 Å². The molecule has 0 aliphatic carbocycles. The Bertz CT molecular complexity index is 568. The van der Waals surface area contributed by atoms with Crippen molar-refractivity contribution >= 4 is 16.5 Å². The minimum Gasteiger partial charge on any atom is -0.870 e. The van der Waals surface area contributed by atoms with Crippen molar-refractivity contribution in [2.45, 2.75) is 52.9 Å². The molecule has 2 aromatic carbocycles. The molecule has 0 atom stereocenters. The molecule has 2 nitrogen and oxygen atoms in total. The SMILES string of the molecule is CCCCC[N+](CCC)(CCC)c1cccc2ccccc12.[OH-]. The first-order chi connectivity index (χ1) is 10.8. The molecule has 2 heteroatoms. The highest BCUT2D eigenvalue weighted by atomic mass is 16.0. The Balaban J connectivity index is 0.00000264. The van der Waals surface area contributed by atoms with Crippen LogP contribution in [-0.4, -0.2) is 25.1 Å². The van der Waals surface area contributed by atoms with Gasteiger partial charge in [-0.25, -0.2) is 0 Å². The van der Waals surface area contributed by atoms with Crippen LogP contribution in [0.15, 0.2) is 42.5 Å². The van der Waals surface area contributed by atoms with Gasteiger partial charge in [-0.3, -0.25) is 4.48 Å². The largest absolute Gasteiger partial charge is 0.870 e. The first kappa shape index (κ1) is 19.7. The second-order valence-corrected chi connectivity index (χ2v) is 6.52. The lowest BCUT2D eigenvalue weighted by molar-refractivity contribution is 0.268. The maximum atomic E-state index is 2.37. The number of hydrogen-bond donors (Lipinski definition) is 0. The first-order valence-electron chi connectivity index (χ1n) is 9.11. The molecule has 128 valence electrons. The maximum Gasteiger partial charge on any atom is 0.140 e. The van der Waals surface area contributed by atoms with E-state index >= 15 is 0 Å². The van der Waals surface area contributed by atoms with E-state index < -0.39 is 0 Å². The van der Waals surface area contributed by atoms with Gasteiger partial charge in [0.2, 0.25) is 0 Å². The Morgan fingerprint density at radius 3 is 2.00 bits per heavy atom. The number of rotatable bonds is 9. The smallest absolute Gasteiger partial charge is 0.140 e. The van der Waals surface area contributed by atoms with Crippen molar-refractivity contribution in [2.24, 2.45) is 0 Å². The third kappa shape index (κ3) is 4.55. The summed E-state index contributed by atoms with van der Waals surface area (Å²) in [6, 6.07) is 15.8. The second kappa shape index (κ2) is 9.69. The van der Waals surface area contributed by atoms with Crippen molar-refractivity contribution in [3.63, 3.8) is 0 Å². The van der Waals surface area contributed by atoms with E-state index in [1.807, 2.05) is 0 Å². The van der Waals surface area contributed by atoms with Crippen molar-refractivity contribution in [1.82, 2.24) is 4.48 Å². The van der Waals surface area contributed by atoms with Gasteiger partial charge >= 0.3 is 0 Å². The van der Waals surface area contributed by atoms with Gasteiger partial charge in [0, 0.05) is 5.39 Å². The number of fused-ring (bicyclic) bond motifs is 1. The standard InChI is InChI=1S/C21H32N.H2O/c1-4-7-10-18-22(16-5-2,17-6-3)21-15-11-13-19-12-8-9-14-20(19)21;/h8-9,11-15H,4-7,10,16-18H2,1-3H3;1H2/q+1;/p-1. The van der Waals surface area contributed by atoms with E-state index in [0.717, 1.165) is 4.48 Å². The topological polar surface area (TPSA) is 30.0 Å². The van der Waals surface area contributed by atoms with Crippen molar-refractivity contribution in [3.05, 3.63) is 42.5 Å². The summed E-state index contributed by atoms with van der Waals surface area (Å²) in [5, 5.41) is 2.83. The van der Waals surface area contributed by atoms with Crippen LogP contribution >= 0.6 is 0 Å². The van der Waals surface area contributed by atoms with Gasteiger partial charge < -0.3 is 5.48 Å². The molecule has 2 rings (SSSR count). The molecule has 0 aliphatic heterocycles. The Morgan fingerprint density at radius 2 is 1.35 bits per heavy atom. The van der Waals surface area contributed by atoms with Gasteiger partial charge in [-0.15, -0.1) is 0 Å². The van der Waals surface area contributed by atoms with Crippen LogP contribution in [0.2, 0.25) is 0 Å². The van der Waals surface area contributed by atoms with Crippen molar-refractivity contribution < 1.29 is 5.48 Å². The lowest BCUT2D eigenvalue weighted by atomic mass is 10.0. The van der Waals surface area contributed by atoms with Crippen LogP contribution in [0, 0.1) is 0 Å². The maximum absolute atomic E-state index is 2.37. The fraction of sp³-hybridized carbons (Fsp3) is 0.524. The van der Waals surface area contributed by atoms with Crippen molar-refractivity contribution in [1.29, 1.82) is 0 Å². The summed E-state index contributed by atoms with van der Waals surface area (Å²) < 4.78 is 1.16. The summed E-state index contributed by atoms with van der Waals surface area (Å²) in [6.07, 6.45) is 6.47. The predicted molar refractivity (Wildman–Crippen MR) is 102 cm³/mol. The van der Waals surface area contributed by atoms with Crippen LogP contribution < -0.4 is 4.48 Å². The minimum absolute atomic E-state index is 0. The van der Waals surface area contributed by atoms with E-state index in [9.17, 15) is 0 Å². The number of hydrogen-bond acceptors (Lipinski definition) is 1. The fourth-order valence-corrected chi connectivity index (χ4v) is 3.84. The molecule has 0 amide bonds. The Hall–Kier alpha value is -1.38. The highest BCUT2D eigenvalue weighted by molar-refractivity contribution is 5.93. The Morgan fingerprint density at radius 1 is 0.696 bits per heavy atom. The molecule has 0 saturated heterocycles. The van der Waals surface area contributed by atoms with Gasteiger partial charge in [-0.05, 0) is 43.2 Å².